The number of ether oxygens (including phenoxy) is 1. The summed E-state index contributed by atoms with van der Waals surface area (Å²) in [6, 6.07) is 8.59. The van der Waals surface area contributed by atoms with Crippen molar-refractivity contribution < 1.29 is 24.2 Å². The number of aliphatic carboxylic acids is 1. The van der Waals surface area contributed by atoms with Gasteiger partial charge in [-0.15, -0.1) is 0 Å². The number of carboxylic acids is 1. The summed E-state index contributed by atoms with van der Waals surface area (Å²) in [5, 5.41) is 16.8. The fourth-order valence-electron chi connectivity index (χ4n) is 4.08. The summed E-state index contributed by atoms with van der Waals surface area (Å²) in [7, 11) is 0. The van der Waals surface area contributed by atoms with Gasteiger partial charge in [0.2, 0.25) is 5.91 Å². The van der Waals surface area contributed by atoms with Gasteiger partial charge >= 0.3 is 12.1 Å². The predicted molar refractivity (Wildman–Crippen MR) is 121 cm³/mol. The molecule has 1 aromatic rings. The molecule has 180 valence electrons. The van der Waals surface area contributed by atoms with E-state index in [4.69, 9.17) is 21.0 Å². The molecule has 3 rings (SSSR count). The summed E-state index contributed by atoms with van der Waals surface area (Å²) < 4.78 is 5.38. The number of nitrogens with one attached hydrogen (secondary N) is 1. The van der Waals surface area contributed by atoms with Gasteiger partial charge in [-0.3, -0.25) is 24.8 Å². The molecule has 0 bridgehead atoms. The van der Waals surface area contributed by atoms with Crippen LogP contribution in [0.3, 0.4) is 0 Å². The first-order valence-corrected chi connectivity index (χ1v) is 11.1. The maximum Gasteiger partial charge on any atom is 0.410 e. The number of piperazine rings is 2. The SMILES string of the molecule is N=C(N)C(C(=O)N1CCN(CCC(=O)O)CC1)N1CCN(C(=O)OCc2ccccc2)CC1. The first kappa shape index (κ1) is 24.5. The number of hydrogen-bond donors (Lipinski definition) is 3. The molecule has 11 heteroatoms. The number of nitrogens with two attached hydrogens (primary N) is 1. The lowest BCUT2D eigenvalue weighted by Gasteiger charge is -2.41. The van der Waals surface area contributed by atoms with E-state index in [-0.39, 0.29) is 24.8 Å². The number of carbonyl (C=O) groups excluding carboxylic acids is 2. The van der Waals surface area contributed by atoms with Crippen LogP contribution in [-0.2, 0) is 20.9 Å². The lowest BCUT2D eigenvalue weighted by molar-refractivity contribution is -0.139. The molecule has 33 heavy (non-hydrogen) atoms. The van der Waals surface area contributed by atoms with E-state index >= 15 is 0 Å². The van der Waals surface area contributed by atoms with Crippen LogP contribution in [0.2, 0.25) is 0 Å². The average molecular weight is 461 g/mol. The Labute approximate surface area is 193 Å². The third-order valence-corrected chi connectivity index (χ3v) is 6.00. The zero-order chi connectivity index (χ0) is 23.8. The molecule has 2 saturated heterocycles. The van der Waals surface area contributed by atoms with Crippen LogP contribution in [0, 0.1) is 5.41 Å². The number of carbonyl (C=O) groups is 3. The van der Waals surface area contributed by atoms with Crippen molar-refractivity contribution in [2.45, 2.75) is 19.1 Å². The highest BCUT2D eigenvalue weighted by Gasteiger charge is 2.36. The third-order valence-electron chi connectivity index (χ3n) is 6.00. The number of amides is 2. The second-order valence-electron chi connectivity index (χ2n) is 8.23. The van der Waals surface area contributed by atoms with Gasteiger partial charge in [0.25, 0.3) is 0 Å². The fourth-order valence-corrected chi connectivity index (χ4v) is 4.08. The molecular weight excluding hydrogens is 428 g/mol. The zero-order valence-corrected chi connectivity index (χ0v) is 18.7. The van der Waals surface area contributed by atoms with Gasteiger partial charge in [-0.2, -0.15) is 0 Å². The minimum atomic E-state index is -0.863. The molecule has 0 spiro atoms. The molecular formula is C22H32N6O5. The van der Waals surface area contributed by atoms with Crippen LogP contribution in [0.25, 0.3) is 0 Å². The van der Waals surface area contributed by atoms with Gasteiger partial charge in [0.15, 0.2) is 0 Å². The Hall–Kier alpha value is -3.18. The van der Waals surface area contributed by atoms with Crippen LogP contribution in [0.5, 0.6) is 0 Å². The average Bonchev–Trinajstić information content (AvgIpc) is 2.82. The lowest BCUT2D eigenvalue weighted by atomic mass is 10.1. The summed E-state index contributed by atoms with van der Waals surface area (Å²) in [5.74, 6) is -1.28. The lowest BCUT2D eigenvalue weighted by Crippen LogP contribution is -2.62. The predicted octanol–water partition coefficient (Wildman–Crippen LogP) is -0.136. The molecule has 0 aromatic heterocycles. The standard InChI is InChI=1S/C22H32N6O5/c23-20(24)19(21(31)27-10-8-25(9-11-27)7-6-18(29)30)26-12-14-28(15-13-26)22(32)33-16-17-4-2-1-3-5-17/h1-5,19H,6-16H2,(H3,23,24)(H,29,30). The van der Waals surface area contributed by atoms with Gasteiger partial charge in [-0.25, -0.2) is 4.79 Å². The zero-order valence-electron chi connectivity index (χ0n) is 18.7. The topological polar surface area (TPSA) is 143 Å². The van der Waals surface area contributed by atoms with Gasteiger partial charge in [0.05, 0.1) is 6.42 Å². The van der Waals surface area contributed by atoms with Crippen LogP contribution in [-0.4, -0.2) is 113 Å². The van der Waals surface area contributed by atoms with Gasteiger partial charge in [0.1, 0.15) is 18.5 Å². The maximum absolute atomic E-state index is 13.1. The van der Waals surface area contributed by atoms with E-state index in [1.165, 1.54) is 0 Å². The number of hydrogen-bond acceptors (Lipinski definition) is 7. The smallest absolute Gasteiger partial charge is 0.410 e. The van der Waals surface area contributed by atoms with Crippen LogP contribution in [0.15, 0.2) is 30.3 Å². The van der Waals surface area contributed by atoms with E-state index in [1.54, 1.807) is 9.80 Å². The van der Waals surface area contributed by atoms with E-state index < -0.39 is 18.1 Å². The molecule has 0 aliphatic carbocycles. The first-order valence-electron chi connectivity index (χ1n) is 11.1. The van der Waals surface area contributed by atoms with Crippen LogP contribution in [0.1, 0.15) is 12.0 Å². The molecule has 2 fully saturated rings. The summed E-state index contributed by atoms with van der Waals surface area (Å²) in [6.45, 7) is 4.35. The van der Waals surface area contributed by atoms with Crippen LogP contribution in [0.4, 0.5) is 4.79 Å². The highest BCUT2D eigenvalue weighted by atomic mass is 16.6. The Morgan fingerprint density at radius 2 is 1.58 bits per heavy atom. The van der Waals surface area contributed by atoms with E-state index in [0.29, 0.717) is 58.9 Å². The van der Waals surface area contributed by atoms with E-state index in [0.717, 1.165) is 5.56 Å². The van der Waals surface area contributed by atoms with Gasteiger partial charge in [-0.1, -0.05) is 30.3 Å². The monoisotopic (exact) mass is 460 g/mol. The summed E-state index contributed by atoms with van der Waals surface area (Å²) in [4.78, 5) is 43.4. The van der Waals surface area contributed by atoms with E-state index in [1.807, 2.05) is 40.1 Å². The van der Waals surface area contributed by atoms with Crippen molar-refractivity contribution in [1.82, 2.24) is 19.6 Å². The molecule has 2 amide bonds. The normalized spacial score (nSPS) is 18.5. The highest BCUT2D eigenvalue weighted by Crippen LogP contribution is 2.13. The quantitative estimate of drug-likeness (QED) is 0.359. The number of nitrogens with zero attached hydrogens (tertiary/aromatic N) is 4. The third kappa shape index (κ3) is 6.90. The summed E-state index contributed by atoms with van der Waals surface area (Å²) in [5.41, 5.74) is 6.72. The Balaban J connectivity index is 1.47. The summed E-state index contributed by atoms with van der Waals surface area (Å²) in [6.07, 6.45) is -0.330. The highest BCUT2D eigenvalue weighted by molar-refractivity contribution is 6.05. The number of rotatable bonds is 8. The van der Waals surface area contributed by atoms with Gasteiger partial charge in [0, 0.05) is 58.9 Å². The van der Waals surface area contributed by atoms with E-state index in [9.17, 15) is 14.4 Å². The van der Waals surface area contributed by atoms with Crippen molar-refractivity contribution in [3.63, 3.8) is 0 Å². The van der Waals surface area contributed by atoms with Crippen molar-refractivity contribution in [3.8, 4) is 0 Å². The minimum absolute atomic E-state index is 0.0715. The summed E-state index contributed by atoms with van der Waals surface area (Å²) >= 11 is 0. The largest absolute Gasteiger partial charge is 0.481 e. The molecule has 2 aliphatic rings. The van der Waals surface area contributed by atoms with E-state index in [2.05, 4.69) is 0 Å². The molecule has 2 aliphatic heterocycles. The van der Waals surface area contributed by atoms with Crippen molar-refractivity contribution in [1.29, 1.82) is 5.41 Å². The second-order valence-corrected chi connectivity index (χ2v) is 8.23. The fraction of sp³-hybridized carbons (Fsp3) is 0.545. The second kappa shape index (κ2) is 11.6. The molecule has 1 aromatic carbocycles. The molecule has 4 N–H and O–H groups in total. The molecule has 0 saturated carbocycles. The Morgan fingerprint density at radius 1 is 0.970 bits per heavy atom. The minimum Gasteiger partial charge on any atom is -0.481 e. The van der Waals surface area contributed by atoms with Crippen LogP contribution < -0.4 is 5.73 Å². The van der Waals surface area contributed by atoms with Gasteiger partial charge < -0.3 is 25.4 Å². The van der Waals surface area contributed by atoms with Crippen molar-refractivity contribution in [3.05, 3.63) is 35.9 Å². The Bertz CT molecular complexity index is 835. The van der Waals surface area contributed by atoms with Crippen molar-refractivity contribution in [2.24, 2.45) is 5.73 Å². The van der Waals surface area contributed by atoms with Crippen molar-refractivity contribution in [2.75, 3.05) is 58.9 Å². The number of carboxylic acid groups (broad SMARTS) is 1. The number of amidine groups is 1. The maximum atomic E-state index is 13.1. The molecule has 1 atom stereocenters. The Kier molecular flexibility index (Phi) is 8.61. The molecule has 0 radical (unpaired) electrons. The molecule has 11 nitrogen and oxygen atoms in total. The van der Waals surface area contributed by atoms with Crippen molar-refractivity contribution >= 4 is 23.8 Å². The van der Waals surface area contributed by atoms with Crippen LogP contribution >= 0.6 is 0 Å². The molecule has 1 unspecified atom stereocenters. The van der Waals surface area contributed by atoms with Gasteiger partial charge in [-0.05, 0) is 5.56 Å². The first-order chi connectivity index (χ1) is 15.8. The molecule has 2 heterocycles. The Morgan fingerprint density at radius 3 is 2.15 bits per heavy atom. The number of benzene rings is 1.